The molecule has 1 saturated carbocycles. The summed E-state index contributed by atoms with van der Waals surface area (Å²) in [5.41, 5.74) is 3.17. The van der Waals surface area contributed by atoms with Crippen LogP contribution in [0.3, 0.4) is 0 Å². The van der Waals surface area contributed by atoms with Gasteiger partial charge in [-0.3, -0.25) is 0 Å². The van der Waals surface area contributed by atoms with E-state index in [0.717, 1.165) is 36.0 Å². The lowest BCUT2D eigenvalue weighted by Gasteiger charge is -2.47. The molecule has 1 heterocycles. The molecule has 2 aliphatic rings. The highest BCUT2D eigenvalue weighted by Crippen LogP contribution is 2.36. The molecule has 1 aliphatic carbocycles. The van der Waals surface area contributed by atoms with Crippen molar-refractivity contribution in [2.75, 3.05) is 0 Å². The summed E-state index contributed by atoms with van der Waals surface area (Å²) in [6.45, 7) is 3.15. The molecule has 39 heavy (non-hydrogen) atoms. The topological polar surface area (TPSA) is 66.4 Å². The maximum atomic E-state index is 11.3. The third-order valence-electron chi connectivity index (χ3n) is 7.55. The van der Waals surface area contributed by atoms with Crippen molar-refractivity contribution in [1.82, 2.24) is 0 Å². The van der Waals surface area contributed by atoms with Crippen molar-refractivity contribution in [1.29, 1.82) is 0 Å². The van der Waals surface area contributed by atoms with E-state index in [-0.39, 0.29) is 6.10 Å². The van der Waals surface area contributed by atoms with Gasteiger partial charge in [-0.2, -0.15) is 0 Å². The van der Waals surface area contributed by atoms with Gasteiger partial charge < -0.3 is 28.8 Å². The van der Waals surface area contributed by atoms with E-state index < -0.39 is 30.4 Å². The lowest BCUT2D eigenvalue weighted by molar-refractivity contribution is -0.375. The van der Waals surface area contributed by atoms with Gasteiger partial charge in [-0.1, -0.05) is 97.4 Å². The molecule has 1 aliphatic heterocycles. The zero-order valence-electron chi connectivity index (χ0n) is 22.7. The largest absolute Gasteiger partial charge is 0.368 e. The summed E-state index contributed by atoms with van der Waals surface area (Å²) >= 11 is 0. The van der Waals surface area contributed by atoms with Crippen LogP contribution in [0.25, 0.3) is 0 Å². The van der Waals surface area contributed by atoms with Crippen LogP contribution in [-0.2, 0) is 43.5 Å². The average Bonchev–Trinajstić information content (AvgIpc) is 2.97. The van der Waals surface area contributed by atoms with E-state index >= 15 is 0 Å². The first-order valence-electron chi connectivity index (χ1n) is 14.1. The van der Waals surface area contributed by atoms with Crippen LogP contribution < -0.4 is 0 Å². The quantitative estimate of drug-likeness (QED) is 0.299. The second-order valence-corrected chi connectivity index (χ2v) is 10.6. The predicted octanol–water partition coefficient (Wildman–Crippen LogP) is 6.16. The molecule has 208 valence electrons. The number of ether oxygens (including phenoxy) is 5. The third-order valence-corrected chi connectivity index (χ3v) is 7.55. The van der Waals surface area contributed by atoms with Crippen molar-refractivity contribution in [3.05, 3.63) is 108 Å². The second-order valence-electron chi connectivity index (χ2n) is 10.6. The van der Waals surface area contributed by atoms with E-state index in [0.29, 0.717) is 32.7 Å². The Labute approximate surface area is 231 Å². The molecule has 0 radical (unpaired) electrons. The molecule has 5 atom stereocenters. The highest BCUT2D eigenvalue weighted by molar-refractivity contribution is 5.15. The molecule has 1 saturated heterocycles. The number of benzene rings is 3. The van der Waals surface area contributed by atoms with Crippen molar-refractivity contribution >= 4 is 0 Å². The smallest absolute Gasteiger partial charge is 0.190 e. The normalized spacial score (nSPS) is 26.8. The third kappa shape index (κ3) is 7.76. The van der Waals surface area contributed by atoms with Crippen LogP contribution in [-0.4, -0.2) is 41.6 Å². The van der Waals surface area contributed by atoms with Gasteiger partial charge in [0, 0.05) is 12.8 Å². The standard InChI is InChI=1S/C33H40O6/c1-25-29(35-22-26-14-6-2-7-15-26)30(36-23-27-16-8-3-9-17-27)31(37-24-28-18-10-4-11-19-28)32(38-25)39-33(34)20-12-5-13-21-33/h2-4,6-11,14-19,25,29-32,34H,5,12-13,20-24H2,1H3/t25-,29+,30+,31-,32+/m0/s1. The number of aliphatic hydroxyl groups is 1. The van der Waals surface area contributed by atoms with Crippen LogP contribution >= 0.6 is 0 Å². The fourth-order valence-corrected chi connectivity index (χ4v) is 5.40. The molecule has 0 spiro atoms. The summed E-state index contributed by atoms with van der Waals surface area (Å²) in [6.07, 6.45) is 1.45. The SMILES string of the molecule is C[C@@H]1O[C@H](OC2(O)CCCCC2)[C@@H](OCc2ccccc2)[C@H](OCc2ccccc2)[C@@H]1OCc1ccccc1. The maximum absolute atomic E-state index is 11.3. The van der Waals surface area contributed by atoms with Crippen LogP contribution in [0.1, 0.15) is 55.7 Å². The lowest BCUT2D eigenvalue weighted by atomic mass is 9.93. The Kier molecular flexibility index (Phi) is 9.80. The molecule has 0 aromatic heterocycles. The first-order chi connectivity index (χ1) is 19.1. The van der Waals surface area contributed by atoms with Crippen LogP contribution in [0.4, 0.5) is 0 Å². The van der Waals surface area contributed by atoms with Crippen molar-refractivity contribution in [3.63, 3.8) is 0 Å². The molecule has 3 aromatic rings. The second kappa shape index (κ2) is 13.7. The Balaban J connectivity index is 1.40. The predicted molar refractivity (Wildman–Crippen MR) is 149 cm³/mol. The Morgan fingerprint density at radius 1 is 0.641 bits per heavy atom. The molecule has 6 heteroatoms. The highest BCUT2D eigenvalue weighted by Gasteiger charge is 2.50. The van der Waals surface area contributed by atoms with E-state index in [1.165, 1.54) is 0 Å². The summed E-state index contributed by atoms with van der Waals surface area (Å²) in [5, 5.41) is 11.3. The van der Waals surface area contributed by atoms with Crippen molar-refractivity contribution in [2.45, 2.75) is 95.3 Å². The van der Waals surface area contributed by atoms with E-state index in [1.807, 2.05) is 97.9 Å². The molecule has 0 unspecified atom stereocenters. The minimum absolute atomic E-state index is 0.344. The van der Waals surface area contributed by atoms with Gasteiger partial charge in [0.25, 0.3) is 0 Å². The minimum Gasteiger partial charge on any atom is -0.368 e. The Bertz CT molecular complexity index is 1100. The zero-order chi connectivity index (χ0) is 26.9. The molecular weight excluding hydrogens is 492 g/mol. The molecule has 0 amide bonds. The highest BCUT2D eigenvalue weighted by atomic mass is 16.8. The summed E-state index contributed by atoms with van der Waals surface area (Å²) in [5.74, 6) is -1.24. The van der Waals surface area contributed by atoms with E-state index in [4.69, 9.17) is 23.7 Å². The van der Waals surface area contributed by atoms with Gasteiger partial charge in [-0.05, 0) is 36.5 Å². The fraction of sp³-hybridized carbons (Fsp3) is 0.455. The zero-order valence-corrected chi connectivity index (χ0v) is 22.7. The van der Waals surface area contributed by atoms with Gasteiger partial charge in [0.2, 0.25) is 0 Å². The van der Waals surface area contributed by atoms with Crippen molar-refractivity contribution in [2.24, 2.45) is 0 Å². The monoisotopic (exact) mass is 532 g/mol. The van der Waals surface area contributed by atoms with Crippen molar-refractivity contribution in [3.8, 4) is 0 Å². The van der Waals surface area contributed by atoms with Crippen LogP contribution in [0, 0.1) is 0 Å². The first-order valence-corrected chi connectivity index (χ1v) is 14.1. The van der Waals surface area contributed by atoms with Crippen LogP contribution in [0.15, 0.2) is 91.0 Å². The van der Waals surface area contributed by atoms with Gasteiger partial charge in [-0.25, -0.2) is 0 Å². The summed E-state index contributed by atoms with van der Waals surface area (Å²) in [6, 6.07) is 30.2. The summed E-state index contributed by atoms with van der Waals surface area (Å²) in [7, 11) is 0. The molecule has 3 aromatic carbocycles. The molecule has 5 rings (SSSR count). The fourth-order valence-electron chi connectivity index (χ4n) is 5.40. The Morgan fingerprint density at radius 2 is 1.08 bits per heavy atom. The van der Waals surface area contributed by atoms with E-state index in [1.54, 1.807) is 0 Å². The van der Waals surface area contributed by atoms with Crippen LogP contribution in [0.5, 0.6) is 0 Å². The summed E-state index contributed by atoms with van der Waals surface area (Å²) < 4.78 is 32.4. The molecule has 6 nitrogen and oxygen atoms in total. The van der Waals surface area contributed by atoms with Gasteiger partial charge in [-0.15, -0.1) is 0 Å². The minimum atomic E-state index is -1.24. The number of hydrogen-bond donors (Lipinski definition) is 1. The van der Waals surface area contributed by atoms with Gasteiger partial charge in [0.05, 0.1) is 25.9 Å². The summed E-state index contributed by atoms with van der Waals surface area (Å²) in [4.78, 5) is 0. The average molecular weight is 533 g/mol. The van der Waals surface area contributed by atoms with Crippen LogP contribution in [0.2, 0.25) is 0 Å². The van der Waals surface area contributed by atoms with Gasteiger partial charge >= 0.3 is 0 Å². The maximum Gasteiger partial charge on any atom is 0.190 e. The lowest BCUT2D eigenvalue weighted by Crippen LogP contribution is -2.61. The molecule has 1 N–H and O–H groups in total. The van der Waals surface area contributed by atoms with Gasteiger partial charge in [0.15, 0.2) is 12.1 Å². The number of hydrogen-bond acceptors (Lipinski definition) is 6. The molecular formula is C33H40O6. The Hall–Kier alpha value is -2.58. The van der Waals surface area contributed by atoms with E-state index in [2.05, 4.69) is 0 Å². The molecule has 0 bridgehead atoms. The first kappa shape index (κ1) is 28.0. The Morgan fingerprint density at radius 3 is 1.56 bits per heavy atom. The molecule has 2 fully saturated rings. The van der Waals surface area contributed by atoms with Crippen molar-refractivity contribution < 1.29 is 28.8 Å². The number of rotatable bonds is 11. The van der Waals surface area contributed by atoms with E-state index in [9.17, 15) is 5.11 Å². The van der Waals surface area contributed by atoms with Gasteiger partial charge in [0.1, 0.15) is 18.3 Å².